The maximum atomic E-state index is 10.7. The number of rotatable bonds is 2. The van der Waals surface area contributed by atoms with E-state index in [0.717, 1.165) is 11.1 Å². The summed E-state index contributed by atoms with van der Waals surface area (Å²) in [5, 5.41) is 8.29. The fraction of sp³-hybridized carbons (Fsp3) is 0.182. The highest BCUT2D eigenvalue weighted by atomic mass is 16.5. The number of nitrogens with one attached hydrogen (secondary N) is 1. The van der Waals surface area contributed by atoms with Gasteiger partial charge in [-0.1, -0.05) is 18.2 Å². The number of carbonyl (C=O) groups excluding carboxylic acids is 1. The smallest absolute Gasteiger partial charge is 0.267 e. The lowest BCUT2D eigenvalue weighted by molar-refractivity contribution is -0.124. The van der Waals surface area contributed by atoms with Crippen LogP contribution in [-0.4, -0.2) is 11.1 Å². The van der Waals surface area contributed by atoms with Crippen LogP contribution >= 0.6 is 0 Å². The van der Waals surface area contributed by atoms with Gasteiger partial charge in [-0.25, -0.2) is 5.48 Å². The Kier molecular flexibility index (Phi) is 3.42. The summed E-state index contributed by atoms with van der Waals surface area (Å²) in [6, 6.07) is 5.86. The van der Waals surface area contributed by atoms with Crippen molar-refractivity contribution in [2.24, 2.45) is 0 Å². The van der Waals surface area contributed by atoms with Crippen LogP contribution in [0.25, 0.3) is 6.08 Å². The molecule has 0 fully saturated rings. The first-order chi connectivity index (χ1) is 6.65. The Morgan fingerprint density at radius 3 is 2.79 bits per heavy atom. The predicted octanol–water partition coefficient (Wildman–Crippen LogP) is 1.82. The molecule has 1 aromatic carbocycles. The summed E-state index contributed by atoms with van der Waals surface area (Å²) in [4.78, 5) is 10.7. The highest BCUT2D eigenvalue weighted by molar-refractivity contribution is 5.91. The van der Waals surface area contributed by atoms with Crippen molar-refractivity contribution >= 4 is 12.0 Å². The molecule has 0 aromatic heterocycles. The molecule has 14 heavy (non-hydrogen) atoms. The molecule has 1 amide bonds. The minimum Gasteiger partial charge on any atom is -0.288 e. The molecule has 0 aliphatic heterocycles. The molecular weight excluding hydrogens is 178 g/mol. The van der Waals surface area contributed by atoms with Gasteiger partial charge in [0.05, 0.1) is 0 Å². The second-order valence-corrected chi connectivity index (χ2v) is 3.10. The van der Waals surface area contributed by atoms with Gasteiger partial charge in [0.1, 0.15) is 0 Å². The van der Waals surface area contributed by atoms with Gasteiger partial charge >= 0.3 is 0 Å². The van der Waals surface area contributed by atoms with Gasteiger partial charge in [-0.2, -0.15) is 0 Å². The maximum absolute atomic E-state index is 10.7. The van der Waals surface area contributed by atoms with Crippen LogP contribution in [0.2, 0.25) is 0 Å². The fourth-order valence-corrected chi connectivity index (χ4v) is 1.16. The third kappa shape index (κ3) is 2.44. The molecule has 0 heterocycles. The van der Waals surface area contributed by atoms with Gasteiger partial charge in [0, 0.05) is 6.08 Å². The molecule has 74 valence electrons. The van der Waals surface area contributed by atoms with Crippen molar-refractivity contribution in [3.63, 3.8) is 0 Å². The lowest BCUT2D eigenvalue weighted by atomic mass is 10.0. The van der Waals surface area contributed by atoms with E-state index >= 15 is 0 Å². The Balaban J connectivity index is 2.92. The van der Waals surface area contributed by atoms with Crippen molar-refractivity contribution in [2.45, 2.75) is 13.8 Å². The Morgan fingerprint density at radius 2 is 2.14 bits per heavy atom. The minimum absolute atomic E-state index is 0.522. The van der Waals surface area contributed by atoms with E-state index in [2.05, 4.69) is 0 Å². The van der Waals surface area contributed by atoms with Gasteiger partial charge in [0.25, 0.3) is 5.91 Å². The normalized spacial score (nSPS) is 10.5. The lowest BCUT2D eigenvalue weighted by Gasteiger charge is -2.03. The molecule has 0 aliphatic rings. The van der Waals surface area contributed by atoms with Gasteiger partial charge in [-0.3, -0.25) is 10.0 Å². The van der Waals surface area contributed by atoms with Crippen molar-refractivity contribution in [1.29, 1.82) is 0 Å². The standard InChI is InChI=1S/C11H13NO2/c1-8-4-3-5-10(9(8)2)6-7-11(13)12-14/h3-7,14H,1-2H3,(H,12,13). The molecule has 1 rings (SSSR count). The molecule has 0 radical (unpaired) electrons. The highest BCUT2D eigenvalue weighted by Gasteiger charge is 1.97. The van der Waals surface area contributed by atoms with E-state index in [-0.39, 0.29) is 0 Å². The molecule has 0 saturated heterocycles. The third-order valence-corrected chi connectivity index (χ3v) is 2.17. The molecule has 0 atom stereocenters. The number of carbonyl (C=O) groups is 1. The van der Waals surface area contributed by atoms with Crippen LogP contribution in [0.5, 0.6) is 0 Å². The summed E-state index contributed by atoms with van der Waals surface area (Å²) in [5.74, 6) is -0.522. The average molecular weight is 191 g/mol. The summed E-state index contributed by atoms with van der Waals surface area (Å²) in [6.45, 7) is 4.00. The lowest BCUT2D eigenvalue weighted by Crippen LogP contribution is -2.14. The van der Waals surface area contributed by atoms with Gasteiger partial charge in [0.15, 0.2) is 0 Å². The van der Waals surface area contributed by atoms with E-state index in [1.807, 2.05) is 32.0 Å². The number of hydrogen-bond acceptors (Lipinski definition) is 2. The molecule has 3 nitrogen and oxygen atoms in total. The molecule has 0 bridgehead atoms. The predicted molar refractivity (Wildman–Crippen MR) is 54.9 cm³/mol. The Bertz CT molecular complexity index is 370. The molecule has 0 unspecified atom stereocenters. The Hall–Kier alpha value is -1.61. The van der Waals surface area contributed by atoms with Crippen LogP contribution in [-0.2, 0) is 4.79 Å². The molecular formula is C11H13NO2. The summed E-state index contributed by atoms with van der Waals surface area (Å²) in [5.41, 5.74) is 4.83. The summed E-state index contributed by atoms with van der Waals surface area (Å²) in [7, 11) is 0. The summed E-state index contributed by atoms with van der Waals surface area (Å²) in [6.07, 6.45) is 2.97. The van der Waals surface area contributed by atoms with E-state index in [1.54, 1.807) is 11.6 Å². The van der Waals surface area contributed by atoms with Gasteiger partial charge < -0.3 is 0 Å². The van der Waals surface area contributed by atoms with Crippen molar-refractivity contribution in [2.75, 3.05) is 0 Å². The van der Waals surface area contributed by atoms with Gasteiger partial charge in [-0.15, -0.1) is 0 Å². The maximum Gasteiger partial charge on any atom is 0.267 e. The van der Waals surface area contributed by atoms with Gasteiger partial charge in [0.2, 0.25) is 0 Å². The quantitative estimate of drug-likeness (QED) is 0.425. The van der Waals surface area contributed by atoms with Crippen LogP contribution in [0.3, 0.4) is 0 Å². The number of benzene rings is 1. The Labute approximate surface area is 83.0 Å². The van der Waals surface area contributed by atoms with E-state index < -0.39 is 5.91 Å². The van der Waals surface area contributed by atoms with E-state index in [1.165, 1.54) is 11.6 Å². The molecule has 0 saturated carbocycles. The van der Waals surface area contributed by atoms with Crippen LogP contribution in [0.1, 0.15) is 16.7 Å². The number of hydrogen-bond donors (Lipinski definition) is 2. The first-order valence-electron chi connectivity index (χ1n) is 4.33. The largest absolute Gasteiger partial charge is 0.288 e. The molecule has 3 heteroatoms. The number of hydroxylamine groups is 1. The fourth-order valence-electron chi connectivity index (χ4n) is 1.16. The first kappa shape index (κ1) is 10.5. The van der Waals surface area contributed by atoms with E-state index in [0.29, 0.717) is 0 Å². The minimum atomic E-state index is -0.522. The van der Waals surface area contributed by atoms with E-state index in [4.69, 9.17) is 5.21 Å². The number of aryl methyl sites for hydroxylation is 1. The van der Waals surface area contributed by atoms with Crippen LogP contribution in [0.4, 0.5) is 0 Å². The summed E-state index contributed by atoms with van der Waals surface area (Å²) >= 11 is 0. The van der Waals surface area contributed by atoms with E-state index in [9.17, 15) is 4.79 Å². The third-order valence-electron chi connectivity index (χ3n) is 2.17. The van der Waals surface area contributed by atoms with Gasteiger partial charge in [-0.05, 0) is 36.6 Å². The van der Waals surface area contributed by atoms with Crippen LogP contribution in [0.15, 0.2) is 24.3 Å². The topological polar surface area (TPSA) is 49.3 Å². The molecule has 2 N–H and O–H groups in total. The van der Waals surface area contributed by atoms with Crippen molar-refractivity contribution in [1.82, 2.24) is 5.48 Å². The van der Waals surface area contributed by atoms with Crippen molar-refractivity contribution in [3.05, 3.63) is 41.0 Å². The second kappa shape index (κ2) is 4.58. The zero-order chi connectivity index (χ0) is 10.6. The average Bonchev–Trinajstić information content (AvgIpc) is 2.20. The molecule has 1 aromatic rings. The molecule has 0 spiro atoms. The SMILES string of the molecule is Cc1cccc(C=CC(=O)NO)c1C. The number of amides is 1. The second-order valence-electron chi connectivity index (χ2n) is 3.10. The first-order valence-corrected chi connectivity index (χ1v) is 4.33. The highest BCUT2D eigenvalue weighted by Crippen LogP contribution is 2.13. The zero-order valence-electron chi connectivity index (χ0n) is 8.24. The van der Waals surface area contributed by atoms with Crippen molar-refractivity contribution < 1.29 is 10.0 Å². The van der Waals surface area contributed by atoms with Crippen molar-refractivity contribution in [3.8, 4) is 0 Å². The van der Waals surface area contributed by atoms with Crippen LogP contribution in [0, 0.1) is 13.8 Å². The van der Waals surface area contributed by atoms with Crippen LogP contribution < -0.4 is 5.48 Å². The molecule has 0 aliphatic carbocycles. The monoisotopic (exact) mass is 191 g/mol. The Morgan fingerprint density at radius 1 is 1.43 bits per heavy atom. The zero-order valence-corrected chi connectivity index (χ0v) is 8.24. The summed E-state index contributed by atoms with van der Waals surface area (Å²) < 4.78 is 0.